The third-order valence-corrected chi connectivity index (χ3v) is 3.34. The highest BCUT2D eigenvalue weighted by Gasteiger charge is 2.24. The third kappa shape index (κ3) is 5.78. The third-order valence-electron chi connectivity index (χ3n) is 3.34. The molecule has 0 saturated carbocycles. The molecule has 1 aliphatic rings. The highest BCUT2D eigenvalue weighted by molar-refractivity contribution is 5.68. The summed E-state index contributed by atoms with van der Waals surface area (Å²) >= 11 is 0. The summed E-state index contributed by atoms with van der Waals surface area (Å²) in [6, 6.07) is 5.79. The van der Waals surface area contributed by atoms with E-state index < -0.39 is 5.60 Å². The van der Waals surface area contributed by atoms with Gasteiger partial charge in [0, 0.05) is 18.8 Å². The zero-order valence-electron chi connectivity index (χ0n) is 14.3. The Morgan fingerprint density at radius 1 is 1.39 bits per heavy atom. The van der Waals surface area contributed by atoms with Crippen LogP contribution in [0.5, 0.6) is 0 Å². The van der Waals surface area contributed by atoms with E-state index in [-0.39, 0.29) is 6.09 Å². The van der Waals surface area contributed by atoms with Crippen molar-refractivity contribution in [2.75, 3.05) is 13.1 Å². The minimum atomic E-state index is -0.463. The van der Waals surface area contributed by atoms with Crippen LogP contribution in [0, 0.1) is 18.8 Å². The van der Waals surface area contributed by atoms with Gasteiger partial charge in [0.1, 0.15) is 11.3 Å². The Labute approximate surface area is 138 Å². The zero-order chi connectivity index (χ0) is 16.9. The number of hydrogen-bond acceptors (Lipinski definition) is 3. The Balaban J connectivity index is 2.00. The summed E-state index contributed by atoms with van der Waals surface area (Å²) in [5.74, 6) is 6.10. The number of ether oxygens (including phenoxy) is 1. The Morgan fingerprint density at radius 2 is 2.17 bits per heavy atom. The fourth-order valence-electron chi connectivity index (χ4n) is 2.33. The Morgan fingerprint density at radius 3 is 2.87 bits per heavy atom. The summed E-state index contributed by atoms with van der Waals surface area (Å²) in [5, 5.41) is 0. The van der Waals surface area contributed by atoms with E-state index in [1.165, 1.54) is 0 Å². The number of hydrogen-bond donors (Lipinski definition) is 0. The topological polar surface area (TPSA) is 42.4 Å². The molecule has 0 aromatic carbocycles. The molecular formula is C19H24N2O2. The first-order valence-electron chi connectivity index (χ1n) is 7.94. The predicted molar refractivity (Wildman–Crippen MR) is 91.0 cm³/mol. The molecule has 0 N–H and O–H groups in total. The Hall–Kier alpha value is -2.28. The molecular weight excluding hydrogens is 288 g/mol. The first-order valence-corrected chi connectivity index (χ1v) is 7.94. The average Bonchev–Trinajstić information content (AvgIpc) is 2.46. The number of carbonyl (C=O) groups excluding carboxylic acids is 1. The number of aromatic nitrogens is 1. The maximum absolute atomic E-state index is 12.1. The normalized spacial score (nSPS) is 16.7. The highest BCUT2D eigenvalue weighted by atomic mass is 16.6. The number of allylic oxidation sites excluding steroid dienone is 1. The van der Waals surface area contributed by atoms with Gasteiger partial charge in [-0.05, 0) is 70.2 Å². The van der Waals surface area contributed by atoms with Gasteiger partial charge in [-0.2, -0.15) is 0 Å². The molecule has 0 bridgehead atoms. The minimum absolute atomic E-state index is 0.253. The summed E-state index contributed by atoms with van der Waals surface area (Å²) in [5.41, 5.74) is 2.41. The van der Waals surface area contributed by atoms with Crippen molar-refractivity contribution in [3.05, 3.63) is 41.2 Å². The smallest absolute Gasteiger partial charge is 0.410 e. The summed E-state index contributed by atoms with van der Waals surface area (Å²) in [6.45, 7) is 8.91. The van der Waals surface area contributed by atoms with Crippen LogP contribution in [0.3, 0.4) is 0 Å². The summed E-state index contributed by atoms with van der Waals surface area (Å²) in [7, 11) is 0. The molecule has 4 heteroatoms. The molecule has 23 heavy (non-hydrogen) atoms. The van der Waals surface area contributed by atoms with Gasteiger partial charge >= 0.3 is 6.09 Å². The Kier molecular flexibility index (Phi) is 5.44. The van der Waals surface area contributed by atoms with Gasteiger partial charge in [-0.1, -0.05) is 12.0 Å². The maximum Gasteiger partial charge on any atom is 0.410 e. The van der Waals surface area contributed by atoms with Crippen molar-refractivity contribution in [1.29, 1.82) is 0 Å². The number of pyridine rings is 1. The molecule has 1 aromatic rings. The fraction of sp³-hybridized carbons (Fsp3) is 0.474. The zero-order valence-corrected chi connectivity index (χ0v) is 14.3. The van der Waals surface area contributed by atoms with Gasteiger partial charge in [0.15, 0.2) is 0 Å². The van der Waals surface area contributed by atoms with Crippen molar-refractivity contribution < 1.29 is 9.53 Å². The largest absolute Gasteiger partial charge is 0.444 e. The van der Waals surface area contributed by atoms with Crippen LogP contribution in [0.1, 0.15) is 45.0 Å². The van der Waals surface area contributed by atoms with Gasteiger partial charge in [0.25, 0.3) is 0 Å². The monoisotopic (exact) mass is 312 g/mol. The average molecular weight is 312 g/mol. The van der Waals surface area contributed by atoms with Crippen molar-refractivity contribution >= 4 is 6.09 Å². The lowest BCUT2D eigenvalue weighted by atomic mass is 10.0. The van der Waals surface area contributed by atoms with Crippen LogP contribution in [-0.2, 0) is 4.74 Å². The number of nitrogens with zero attached hydrogens (tertiary/aromatic N) is 2. The number of piperidine rings is 1. The molecule has 1 aliphatic heterocycles. The van der Waals surface area contributed by atoms with Crippen molar-refractivity contribution in [3.8, 4) is 11.8 Å². The number of aryl methyl sites for hydroxylation is 1. The molecule has 4 nitrogen and oxygen atoms in total. The van der Waals surface area contributed by atoms with E-state index in [0.717, 1.165) is 36.3 Å². The lowest BCUT2D eigenvalue weighted by molar-refractivity contribution is 0.0247. The number of likely N-dealkylation sites (tertiary alicyclic amines) is 1. The molecule has 1 amide bonds. The Bertz CT molecular complexity index is 660. The van der Waals surface area contributed by atoms with E-state index in [2.05, 4.69) is 16.8 Å². The van der Waals surface area contributed by atoms with Crippen molar-refractivity contribution in [2.24, 2.45) is 0 Å². The molecule has 2 rings (SSSR count). The second kappa shape index (κ2) is 7.32. The van der Waals surface area contributed by atoms with Gasteiger partial charge in [0.2, 0.25) is 0 Å². The standard InChI is InChI=1S/C19H24N2O2/c1-15-8-5-11-17(20-15)12-6-9-16-10-7-13-21(14-16)18(22)23-19(2,3)4/h5,8-9,11H,7,10,13-14H2,1-4H3/b16-9-. The van der Waals surface area contributed by atoms with E-state index in [1.807, 2.05) is 52.0 Å². The van der Waals surface area contributed by atoms with Crippen LogP contribution in [0.4, 0.5) is 4.79 Å². The SMILES string of the molecule is Cc1cccc(C#C/C=C2/CCCN(C(=O)OC(C)(C)C)C2)n1. The molecule has 1 saturated heterocycles. The molecule has 122 valence electrons. The molecule has 1 aromatic heterocycles. The van der Waals surface area contributed by atoms with E-state index in [4.69, 9.17) is 4.74 Å². The molecule has 0 unspecified atom stereocenters. The van der Waals surface area contributed by atoms with Gasteiger partial charge in [-0.15, -0.1) is 0 Å². The van der Waals surface area contributed by atoms with Gasteiger partial charge in [0.05, 0.1) is 0 Å². The summed E-state index contributed by atoms with van der Waals surface area (Å²) in [6.07, 6.45) is 3.56. The first-order chi connectivity index (χ1) is 10.8. The van der Waals surface area contributed by atoms with Gasteiger partial charge in [-0.25, -0.2) is 9.78 Å². The molecule has 0 spiro atoms. The number of amides is 1. The van der Waals surface area contributed by atoms with E-state index in [1.54, 1.807) is 4.90 Å². The molecule has 0 radical (unpaired) electrons. The van der Waals surface area contributed by atoms with E-state index in [0.29, 0.717) is 6.54 Å². The predicted octanol–water partition coefficient (Wildman–Crippen LogP) is 3.70. The van der Waals surface area contributed by atoms with E-state index >= 15 is 0 Å². The molecule has 0 atom stereocenters. The molecule has 2 heterocycles. The molecule has 0 aliphatic carbocycles. The van der Waals surface area contributed by atoms with Crippen LogP contribution < -0.4 is 0 Å². The quantitative estimate of drug-likeness (QED) is 0.686. The second-order valence-corrected chi connectivity index (χ2v) is 6.74. The van der Waals surface area contributed by atoms with Crippen molar-refractivity contribution in [3.63, 3.8) is 0 Å². The number of carbonyl (C=O) groups is 1. The maximum atomic E-state index is 12.1. The summed E-state index contributed by atoms with van der Waals surface area (Å²) in [4.78, 5) is 18.2. The first kappa shape index (κ1) is 17.1. The lowest BCUT2D eigenvalue weighted by Crippen LogP contribution is -2.40. The van der Waals surface area contributed by atoms with Crippen molar-refractivity contribution in [2.45, 2.75) is 46.1 Å². The van der Waals surface area contributed by atoms with Crippen LogP contribution in [0.2, 0.25) is 0 Å². The number of rotatable bonds is 0. The van der Waals surface area contributed by atoms with Crippen LogP contribution >= 0.6 is 0 Å². The van der Waals surface area contributed by atoms with Crippen LogP contribution in [-0.4, -0.2) is 34.7 Å². The minimum Gasteiger partial charge on any atom is -0.444 e. The van der Waals surface area contributed by atoms with Crippen LogP contribution in [0.25, 0.3) is 0 Å². The fourth-order valence-corrected chi connectivity index (χ4v) is 2.33. The van der Waals surface area contributed by atoms with Gasteiger partial charge < -0.3 is 9.64 Å². The second-order valence-electron chi connectivity index (χ2n) is 6.74. The highest BCUT2D eigenvalue weighted by Crippen LogP contribution is 2.18. The molecule has 1 fully saturated rings. The summed E-state index contributed by atoms with van der Waals surface area (Å²) < 4.78 is 5.43. The van der Waals surface area contributed by atoms with Crippen LogP contribution in [0.15, 0.2) is 29.8 Å². The van der Waals surface area contributed by atoms with Gasteiger partial charge in [-0.3, -0.25) is 0 Å². The van der Waals surface area contributed by atoms with Crippen molar-refractivity contribution in [1.82, 2.24) is 9.88 Å². The van der Waals surface area contributed by atoms with E-state index in [9.17, 15) is 4.79 Å². The lowest BCUT2D eigenvalue weighted by Gasteiger charge is -2.31.